The van der Waals surface area contributed by atoms with E-state index in [9.17, 15) is 0 Å². The lowest BCUT2D eigenvalue weighted by Gasteiger charge is -2.13. The number of hydrogen-bond donors (Lipinski definition) is 1. The lowest BCUT2D eigenvalue weighted by Crippen LogP contribution is -1.92. The molecular weight excluding hydrogens is 184 g/mol. The Morgan fingerprint density at radius 2 is 2.20 bits per heavy atom. The monoisotopic (exact) mass is 198 g/mol. The molecule has 0 radical (unpaired) electrons. The molecule has 0 atom stereocenters. The van der Waals surface area contributed by atoms with Gasteiger partial charge in [-0.05, 0) is 49.0 Å². The second-order valence-electron chi connectivity index (χ2n) is 4.07. The molecule has 2 heterocycles. The van der Waals surface area contributed by atoms with E-state index in [1.54, 1.807) is 0 Å². The quantitative estimate of drug-likeness (QED) is 0.746. The van der Waals surface area contributed by atoms with Gasteiger partial charge in [0.1, 0.15) is 5.65 Å². The zero-order valence-corrected chi connectivity index (χ0v) is 8.66. The van der Waals surface area contributed by atoms with Gasteiger partial charge in [0.2, 0.25) is 0 Å². The van der Waals surface area contributed by atoms with Gasteiger partial charge in [0.05, 0.1) is 0 Å². The highest BCUT2D eigenvalue weighted by molar-refractivity contribution is 5.90. The molecule has 2 heteroatoms. The predicted octanol–water partition coefficient (Wildman–Crippen LogP) is 3.52. The van der Waals surface area contributed by atoms with Crippen LogP contribution in [0.4, 0.5) is 0 Å². The standard InChI is InChI=1S/C13H14N2/c1-2-4-10(5-3-1)11-6-8-14-13-12(11)7-9-15-13/h4,6-9H,1-3,5H2,(H,14,15). The van der Waals surface area contributed by atoms with Gasteiger partial charge in [-0.25, -0.2) is 4.98 Å². The van der Waals surface area contributed by atoms with Gasteiger partial charge < -0.3 is 4.98 Å². The van der Waals surface area contributed by atoms with Gasteiger partial charge in [-0.3, -0.25) is 0 Å². The van der Waals surface area contributed by atoms with E-state index in [0.717, 1.165) is 5.65 Å². The first-order valence-corrected chi connectivity index (χ1v) is 5.56. The van der Waals surface area contributed by atoms with Crippen molar-refractivity contribution in [3.63, 3.8) is 0 Å². The lowest BCUT2D eigenvalue weighted by molar-refractivity contribution is 0.742. The number of H-pyrrole nitrogens is 1. The highest BCUT2D eigenvalue weighted by Crippen LogP contribution is 2.30. The van der Waals surface area contributed by atoms with E-state index in [4.69, 9.17) is 0 Å². The van der Waals surface area contributed by atoms with Crippen LogP contribution in [0.1, 0.15) is 31.2 Å². The fourth-order valence-corrected chi connectivity index (χ4v) is 2.32. The normalized spacial score (nSPS) is 16.7. The molecular formula is C13H14N2. The topological polar surface area (TPSA) is 28.7 Å². The fraction of sp³-hybridized carbons (Fsp3) is 0.308. The van der Waals surface area contributed by atoms with Crippen LogP contribution in [0, 0.1) is 0 Å². The molecule has 76 valence electrons. The van der Waals surface area contributed by atoms with Gasteiger partial charge in [0.15, 0.2) is 0 Å². The van der Waals surface area contributed by atoms with Crippen molar-refractivity contribution in [3.8, 4) is 0 Å². The summed E-state index contributed by atoms with van der Waals surface area (Å²) in [7, 11) is 0. The SMILES string of the molecule is C1=C(c2ccnc3[nH]ccc23)CCCC1. The third-order valence-electron chi connectivity index (χ3n) is 3.10. The Bertz CT molecular complexity index is 508. The summed E-state index contributed by atoms with van der Waals surface area (Å²) in [5.74, 6) is 0. The molecule has 0 bridgehead atoms. The highest BCUT2D eigenvalue weighted by atomic mass is 14.8. The van der Waals surface area contributed by atoms with Gasteiger partial charge in [-0.1, -0.05) is 6.08 Å². The first-order valence-electron chi connectivity index (χ1n) is 5.56. The van der Waals surface area contributed by atoms with E-state index in [0.29, 0.717) is 0 Å². The van der Waals surface area contributed by atoms with Crippen LogP contribution >= 0.6 is 0 Å². The number of aromatic amines is 1. The van der Waals surface area contributed by atoms with Crippen LogP contribution in [0.5, 0.6) is 0 Å². The maximum absolute atomic E-state index is 4.31. The smallest absolute Gasteiger partial charge is 0.137 e. The number of nitrogens with zero attached hydrogens (tertiary/aromatic N) is 1. The molecule has 0 saturated heterocycles. The lowest BCUT2D eigenvalue weighted by atomic mass is 9.93. The van der Waals surface area contributed by atoms with Crippen molar-refractivity contribution >= 4 is 16.6 Å². The summed E-state index contributed by atoms with van der Waals surface area (Å²) in [5.41, 5.74) is 3.85. The van der Waals surface area contributed by atoms with Crippen molar-refractivity contribution < 1.29 is 0 Å². The summed E-state index contributed by atoms with van der Waals surface area (Å²) in [6.07, 6.45) is 11.3. The van der Waals surface area contributed by atoms with Crippen molar-refractivity contribution in [2.75, 3.05) is 0 Å². The second-order valence-corrected chi connectivity index (χ2v) is 4.07. The minimum atomic E-state index is 0.999. The number of allylic oxidation sites excluding steroid dienone is 2. The number of aromatic nitrogens is 2. The molecule has 2 nitrogen and oxygen atoms in total. The van der Waals surface area contributed by atoms with Crippen LogP contribution in [-0.4, -0.2) is 9.97 Å². The number of pyridine rings is 1. The van der Waals surface area contributed by atoms with Gasteiger partial charge in [0, 0.05) is 17.8 Å². The summed E-state index contributed by atoms with van der Waals surface area (Å²) >= 11 is 0. The third-order valence-corrected chi connectivity index (χ3v) is 3.10. The van der Waals surface area contributed by atoms with E-state index in [1.165, 1.54) is 42.2 Å². The Morgan fingerprint density at radius 1 is 1.20 bits per heavy atom. The molecule has 0 unspecified atom stereocenters. The Labute approximate surface area is 89.0 Å². The molecule has 0 saturated carbocycles. The first-order chi connectivity index (χ1) is 7.45. The fourth-order valence-electron chi connectivity index (χ4n) is 2.32. The molecule has 3 rings (SSSR count). The van der Waals surface area contributed by atoms with E-state index in [2.05, 4.69) is 28.2 Å². The van der Waals surface area contributed by atoms with Crippen molar-refractivity contribution in [1.29, 1.82) is 0 Å². The van der Waals surface area contributed by atoms with Crippen LogP contribution in [0.15, 0.2) is 30.6 Å². The van der Waals surface area contributed by atoms with Crippen LogP contribution in [0.2, 0.25) is 0 Å². The number of nitrogens with one attached hydrogen (secondary N) is 1. The van der Waals surface area contributed by atoms with Gasteiger partial charge in [0.25, 0.3) is 0 Å². The third kappa shape index (κ3) is 1.46. The van der Waals surface area contributed by atoms with Gasteiger partial charge in [-0.15, -0.1) is 0 Å². The molecule has 1 aliphatic rings. The Balaban J connectivity index is 2.17. The summed E-state index contributed by atoms with van der Waals surface area (Å²) in [6.45, 7) is 0. The van der Waals surface area contributed by atoms with Crippen molar-refractivity contribution in [1.82, 2.24) is 9.97 Å². The zero-order valence-electron chi connectivity index (χ0n) is 8.66. The van der Waals surface area contributed by atoms with Gasteiger partial charge >= 0.3 is 0 Å². The predicted molar refractivity (Wildman–Crippen MR) is 62.5 cm³/mol. The molecule has 2 aromatic heterocycles. The summed E-state index contributed by atoms with van der Waals surface area (Å²) in [5, 5.41) is 1.26. The highest BCUT2D eigenvalue weighted by Gasteiger charge is 2.09. The maximum Gasteiger partial charge on any atom is 0.137 e. The van der Waals surface area contributed by atoms with E-state index in [-0.39, 0.29) is 0 Å². The Kier molecular flexibility index (Phi) is 2.05. The average molecular weight is 198 g/mol. The molecule has 0 amide bonds. The molecule has 1 aliphatic carbocycles. The molecule has 2 aromatic rings. The van der Waals surface area contributed by atoms with Crippen LogP contribution < -0.4 is 0 Å². The second kappa shape index (κ2) is 3.54. The van der Waals surface area contributed by atoms with Gasteiger partial charge in [-0.2, -0.15) is 0 Å². The first kappa shape index (κ1) is 8.72. The molecule has 1 N–H and O–H groups in total. The molecule has 0 aliphatic heterocycles. The van der Waals surface area contributed by atoms with Crippen LogP contribution in [0.3, 0.4) is 0 Å². The van der Waals surface area contributed by atoms with E-state index in [1.807, 2.05) is 12.4 Å². The summed E-state index contributed by atoms with van der Waals surface area (Å²) < 4.78 is 0. The van der Waals surface area contributed by atoms with Crippen LogP contribution in [-0.2, 0) is 0 Å². The maximum atomic E-state index is 4.31. The average Bonchev–Trinajstić information content (AvgIpc) is 2.78. The Hall–Kier alpha value is -1.57. The molecule has 0 spiro atoms. The van der Waals surface area contributed by atoms with Crippen molar-refractivity contribution in [2.45, 2.75) is 25.7 Å². The van der Waals surface area contributed by atoms with E-state index >= 15 is 0 Å². The summed E-state index contributed by atoms with van der Waals surface area (Å²) in [4.78, 5) is 7.47. The van der Waals surface area contributed by atoms with Crippen molar-refractivity contribution in [2.24, 2.45) is 0 Å². The number of rotatable bonds is 1. The van der Waals surface area contributed by atoms with E-state index < -0.39 is 0 Å². The molecule has 0 aromatic carbocycles. The molecule has 0 fully saturated rings. The Morgan fingerprint density at radius 3 is 3.07 bits per heavy atom. The minimum Gasteiger partial charge on any atom is -0.346 e. The summed E-state index contributed by atoms with van der Waals surface area (Å²) in [6, 6.07) is 4.25. The van der Waals surface area contributed by atoms with Crippen molar-refractivity contribution in [3.05, 3.63) is 36.2 Å². The molecule has 15 heavy (non-hydrogen) atoms. The zero-order chi connectivity index (χ0) is 10.1. The number of fused-ring (bicyclic) bond motifs is 1. The number of hydrogen-bond acceptors (Lipinski definition) is 1. The minimum absolute atomic E-state index is 0.999. The largest absolute Gasteiger partial charge is 0.346 e. The van der Waals surface area contributed by atoms with Crippen LogP contribution in [0.25, 0.3) is 16.6 Å².